The maximum atomic E-state index is 12.2. The number of hydrogen-bond acceptors (Lipinski definition) is 3. The number of fused-ring (bicyclic) bond motifs is 2. The Kier molecular flexibility index (Phi) is 4.02. The predicted molar refractivity (Wildman–Crippen MR) is 69.9 cm³/mol. The Bertz CT molecular complexity index is 370. The summed E-state index contributed by atoms with van der Waals surface area (Å²) >= 11 is 0. The van der Waals surface area contributed by atoms with Gasteiger partial charge < -0.3 is 5.32 Å². The molecule has 0 spiro atoms. The first-order chi connectivity index (χ1) is 7.63. The smallest absolute Gasteiger partial charge is 0.214 e. The van der Waals surface area contributed by atoms with E-state index in [2.05, 4.69) is 5.32 Å². The minimum atomic E-state index is -2.97. The lowest BCUT2D eigenvalue weighted by atomic mass is 10.1. The van der Waals surface area contributed by atoms with E-state index < -0.39 is 10.0 Å². The van der Waals surface area contributed by atoms with E-state index in [0.29, 0.717) is 30.3 Å². The van der Waals surface area contributed by atoms with Crippen molar-refractivity contribution in [2.24, 2.45) is 5.92 Å². The van der Waals surface area contributed by atoms with Crippen LogP contribution >= 0.6 is 12.4 Å². The first-order valence-corrected chi connectivity index (χ1v) is 7.98. The highest BCUT2D eigenvalue weighted by Gasteiger charge is 2.36. The molecule has 3 aliphatic rings. The van der Waals surface area contributed by atoms with Gasteiger partial charge in [0.2, 0.25) is 10.0 Å². The fourth-order valence-corrected chi connectivity index (χ4v) is 4.78. The lowest BCUT2D eigenvalue weighted by molar-refractivity contribution is 0.382. The first-order valence-electron chi connectivity index (χ1n) is 6.37. The molecule has 6 heteroatoms. The molecule has 1 aliphatic carbocycles. The van der Waals surface area contributed by atoms with E-state index in [9.17, 15) is 8.42 Å². The SMILES string of the molecule is Cl.O=S(=O)(CC1CC1)N1CCC2CCC(C1)N2. The van der Waals surface area contributed by atoms with Gasteiger partial charge in [-0.2, -0.15) is 0 Å². The largest absolute Gasteiger partial charge is 0.310 e. The molecule has 17 heavy (non-hydrogen) atoms. The quantitative estimate of drug-likeness (QED) is 0.838. The highest BCUT2D eigenvalue weighted by molar-refractivity contribution is 7.89. The van der Waals surface area contributed by atoms with E-state index in [1.165, 1.54) is 6.42 Å². The van der Waals surface area contributed by atoms with E-state index >= 15 is 0 Å². The molecular weight excluding hydrogens is 260 g/mol. The Morgan fingerprint density at radius 3 is 2.47 bits per heavy atom. The van der Waals surface area contributed by atoms with E-state index in [4.69, 9.17) is 0 Å². The fourth-order valence-electron chi connectivity index (χ4n) is 2.85. The van der Waals surface area contributed by atoms with Crippen LogP contribution in [0.3, 0.4) is 0 Å². The number of nitrogens with zero attached hydrogens (tertiary/aromatic N) is 1. The molecule has 4 nitrogen and oxygen atoms in total. The maximum Gasteiger partial charge on any atom is 0.214 e. The van der Waals surface area contributed by atoms with Crippen molar-refractivity contribution in [3.63, 3.8) is 0 Å². The molecule has 2 heterocycles. The average Bonchev–Trinajstić information content (AvgIpc) is 2.90. The molecule has 0 amide bonds. The standard InChI is InChI=1S/C11H20N2O2S.ClH/c14-16(15,8-9-1-2-9)13-6-5-10-3-4-11(7-13)12-10;/h9-12H,1-8H2;1H. The number of nitrogens with one attached hydrogen (secondary N) is 1. The fraction of sp³-hybridized carbons (Fsp3) is 1.00. The monoisotopic (exact) mass is 280 g/mol. The molecule has 0 aromatic rings. The second-order valence-electron chi connectivity index (χ2n) is 5.51. The summed E-state index contributed by atoms with van der Waals surface area (Å²) in [7, 11) is -2.97. The van der Waals surface area contributed by atoms with Gasteiger partial charge in [-0.15, -0.1) is 12.4 Å². The molecule has 100 valence electrons. The van der Waals surface area contributed by atoms with Crippen LogP contribution in [0.25, 0.3) is 0 Å². The second kappa shape index (κ2) is 5.03. The Morgan fingerprint density at radius 1 is 1.06 bits per heavy atom. The summed E-state index contributed by atoms with van der Waals surface area (Å²) < 4.78 is 26.1. The van der Waals surface area contributed by atoms with Crippen molar-refractivity contribution in [2.75, 3.05) is 18.8 Å². The third-order valence-corrected chi connectivity index (χ3v) is 6.03. The minimum absolute atomic E-state index is 0. The van der Waals surface area contributed by atoms with Gasteiger partial charge in [-0.3, -0.25) is 0 Å². The topological polar surface area (TPSA) is 49.4 Å². The summed E-state index contributed by atoms with van der Waals surface area (Å²) in [5.41, 5.74) is 0. The van der Waals surface area contributed by atoms with Crippen molar-refractivity contribution < 1.29 is 8.42 Å². The van der Waals surface area contributed by atoms with Crippen LogP contribution in [0.15, 0.2) is 0 Å². The normalized spacial score (nSPS) is 34.1. The third-order valence-electron chi connectivity index (χ3n) is 4.02. The van der Waals surface area contributed by atoms with Crippen molar-refractivity contribution in [1.82, 2.24) is 9.62 Å². The Balaban J connectivity index is 0.00000108. The summed E-state index contributed by atoms with van der Waals surface area (Å²) in [4.78, 5) is 0. The Morgan fingerprint density at radius 2 is 1.76 bits per heavy atom. The highest BCUT2D eigenvalue weighted by Crippen LogP contribution is 2.32. The molecular formula is C11H21ClN2O2S. The molecule has 2 saturated heterocycles. The van der Waals surface area contributed by atoms with Crippen molar-refractivity contribution in [3.05, 3.63) is 0 Å². The minimum Gasteiger partial charge on any atom is -0.310 e. The summed E-state index contributed by atoms with van der Waals surface area (Å²) in [6, 6.07) is 0.965. The lowest BCUT2D eigenvalue weighted by Gasteiger charge is -2.23. The van der Waals surface area contributed by atoms with Crippen LogP contribution in [0, 0.1) is 5.92 Å². The summed E-state index contributed by atoms with van der Waals surface area (Å²) in [5.74, 6) is 0.850. The van der Waals surface area contributed by atoms with Crippen LogP contribution in [0.4, 0.5) is 0 Å². The molecule has 2 unspecified atom stereocenters. The van der Waals surface area contributed by atoms with Gasteiger partial charge in [-0.1, -0.05) is 0 Å². The van der Waals surface area contributed by atoms with Gasteiger partial charge in [0.1, 0.15) is 0 Å². The predicted octanol–water partition coefficient (Wildman–Crippen LogP) is 0.974. The van der Waals surface area contributed by atoms with Crippen molar-refractivity contribution >= 4 is 22.4 Å². The van der Waals surface area contributed by atoms with Crippen LogP contribution in [0.1, 0.15) is 32.1 Å². The van der Waals surface area contributed by atoms with Gasteiger partial charge in [0, 0.05) is 25.2 Å². The average molecular weight is 281 g/mol. The molecule has 0 aromatic carbocycles. The van der Waals surface area contributed by atoms with Crippen molar-refractivity contribution in [2.45, 2.75) is 44.2 Å². The van der Waals surface area contributed by atoms with E-state index in [1.807, 2.05) is 0 Å². The molecule has 0 aromatic heterocycles. The summed E-state index contributed by atoms with van der Waals surface area (Å²) in [6.07, 6.45) is 5.57. The Labute approximate surface area is 110 Å². The van der Waals surface area contributed by atoms with Crippen LogP contribution in [-0.4, -0.2) is 43.6 Å². The van der Waals surface area contributed by atoms with Crippen LogP contribution in [0.2, 0.25) is 0 Å². The zero-order valence-corrected chi connectivity index (χ0v) is 11.6. The van der Waals surface area contributed by atoms with Gasteiger partial charge in [-0.25, -0.2) is 12.7 Å². The van der Waals surface area contributed by atoms with Gasteiger partial charge in [0.25, 0.3) is 0 Å². The third kappa shape index (κ3) is 3.13. The van der Waals surface area contributed by atoms with E-state index in [1.54, 1.807) is 4.31 Å². The molecule has 1 N–H and O–H groups in total. The molecule has 2 atom stereocenters. The molecule has 3 rings (SSSR count). The molecule has 2 aliphatic heterocycles. The Hall–Kier alpha value is 0.160. The zero-order valence-electron chi connectivity index (χ0n) is 9.97. The summed E-state index contributed by atoms with van der Waals surface area (Å²) in [5, 5.41) is 3.52. The van der Waals surface area contributed by atoms with E-state index in [0.717, 1.165) is 32.2 Å². The van der Waals surface area contributed by atoms with Crippen LogP contribution in [-0.2, 0) is 10.0 Å². The zero-order chi connectivity index (χ0) is 11.2. The summed E-state index contributed by atoms with van der Waals surface area (Å²) in [6.45, 7) is 1.43. The van der Waals surface area contributed by atoms with Crippen molar-refractivity contribution in [1.29, 1.82) is 0 Å². The molecule has 1 saturated carbocycles. The van der Waals surface area contributed by atoms with Gasteiger partial charge in [-0.05, 0) is 38.0 Å². The van der Waals surface area contributed by atoms with Gasteiger partial charge in [0.05, 0.1) is 5.75 Å². The second-order valence-corrected chi connectivity index (χ2v) is 7.52. The van der Waals surface area contributed by atoms with Crippen LogP contribution < -0.4 is 5.32 Å². The molecule has 3 fully saturated rings. The number of halogens is 1. The van der Waals surface area contributed by atoms with E-state index in [-0.39, 0.29) is 12.4 Å². The van der Waals surface area contributed by atoms with Gasteiger partial charge in [0.15, 0.2) is 0 Å². The van der Waals surface area contributed by atoms with Crippen LogP contribution in [0.5, 0.6) is 0 Å². The highest BCUT2D eigenvalue weighted by atomic mass is 35.5. The number of hydrogen-bond donors (Lipinski definition) is 1. The number of rotatable bonds is 3. The number of sulfonamides is 1. The molecule has 0 radical (unpaired) electrons. The lowest BCUT2D eigenvalue weighted by Crippen LogP contribution is -2.40. The van der Waals surface area contributed by atoms with Gasteiger partial charge >= 0.3 is 0 Å². The molecule has 2 bridgehead atoms. The first kappa shape index (κ1) is 13.6. The maximum absolute atomic E-state index is 12.2. The van der Waals surface area contributed by atoms with Crippen molar-refractivity contribution in [3.8, 4) is 0 Å².